The van der Waals surface area contributed by atoms with Gasteiger partial charge in [0.25, 0.3) is 5.91 Å². The van der Waals surface area contributed by atoms with Crippen LogP contribution in [0.5, 0.6) is 0 Å². The van der Waals surface area contributed by atoms with Crippen LogP contribution in [0, 0.1) is 0 Å². The van der Waals surface area contributed by atoms with Gasteiger partial charge in [-0.05, 0) is 17.9 Å². The molecule has 6 nitrogen and oxygen atoms in total. The molecule has 0 aromatic carbocycles. The van der Waals surface area contributed by atoms with E-state index in [0.29, 0.717) is 6.54 Å². The fourth-order valence-corrected chi connectivity index (χ4v) is 4.05. The highest BCUT2D eigenvalue weighted by Gasteiger charge is 2.32. The fourth-order valence-electron chi connectivity index (χ4n) is 3.42. The van der Waals surface area contributed by atoms with Crippen LogP contribution in [0.2, 0.25) is 0 Å². The van der Waals surface area contributed by atoms with Crippen LogP contribution < -0.4 is 0 Å². The Kier molecular flexibility index (Phi) is 5.86. The molecule has 2 aliphatic heterocycles. The van der Waals surface area contributed by atoms with Crippen LogP contribution in [-0.2, 0) is 9.53 Å². The van der Waals surface area contributed by atoms with Crippen LogP contribution in [0.15, 0.2) is 16.8 Å². The lowest BCUT2D eigenvalue weighted by atomic mass is 10.2. The molecule has 0 aliphatic carbocycles. The Morgan fingerprint density at radius 1 is 1.33 bits per heavy atom. The molecule has 3 heterocycles. The molecule has 1 unspecified atom stereocenters. The number of hydrogen-bond acceptors (Lipinski definition) is 5. The Morgan fingerprint density at radius 3 is 2.79 bits per heavy atom. The lowest BCUT2D eigenvalue weighted by Crippen LogP contribution is -2.47. The number of morpholine rings is 1. The Balaban J connectivity index is 1.54. The van der Waals surface area contributed by atoms with E-state index < -0.39 is 0 Å². The first kappa shape index (κ1) is 17.4. The lowest BCUT2D eigenvalue weighted by molar-refractivity contribution is -0.131. The van der Waals surface area contributed by atoms with Gasteiger partial charge in [-0.3, -0.25) is 14.5 Å². The van der Waals surface area contributed by atoms with Crippen molar-refractivity contribution in [3.63, 3.8) is 0 Å². The highest BCUT2D eigenvalue weighted by Crippen LogP contribution is 2.19. The van der Waals surface area contributed by atoms with Crippen molar-refractivity contribution in [3.05, 3.63) is 22.4 Å². The third-order valence-corrected chi connectivity index (χ3v) is 5.51. The molecule has 0 saturated carbocycles. The number of nitrogens with zero attached hydrogens (tertiary/aromatic N) is 3. The summed E-state index contributed by atoms with van der Waals surface area (Å²) in [5.41, 5.74) is 0.753. The first-order valence-corrected chi connectivity index (χ1v) is 9.48. The number of thiophene rings is 1. The predicted octanol–water partition coefficient (Wildman–Crippen LogP) is 1.14. The molecule has 132 valence electrons. The summed E-state index contributed by atoms with van der Waals surface area (Å²) < 4.78 is 5.36. The third-order valence-electron chi connectivity index (χ3n) is 4.82. The van der Waals surface area contributed by atoms with Crippen molar-refractivity contribution in [2.75, 3.05) is 52.5 Å². The number of amides is 2. The van der Waals surface area contributed by atoms with Gasteiger partial charge >= 0.3 is 0 Å². The Hall–Kier alpha value is -1.44. The van der Waals surface area contributed by atoms with Crippen molar-refractivity contribution in [3.8, 4) is 0 Å². The summed E-state index contributed by atoms with van der Waals surface area (Å²) in [4.78, 5) is 30.7. The molecule has 1 aromatic heterocycles. The maximum absolute atomic E-state index is 12.5. The standard InChI is InChI=1S/C17H25N3O3S/c1-14(21)20(6-5-18-7-9-23-10-8-18)16-2-4-19(12-16)17(22)15-3-11-24-13-15/h3,11,13,16H,2,4-10,12H2,1H3. The van der Waals surface area contributed by atoms with Gasteiger partial charge in [0.1, 0.15) is 0 Å². The van der Waals surface area contributed by atoms with Crippen molar-refractivity contribution >= 4 is 23.2 Å². The van der Waals surface area contributed by atoms with E-state index in [0.717, 1.165) is 57.9 Å². The highest BCUT2D eigenvalue weighted by atomic mass is 32.1. The van der Waals surface area contributed by atoms with Crippen molar-refractivity contribution < 1.29 is 14.3 Å². The summed E-state index contributed by atoms with van der Waals surface area (Å²) >= 11 is 1.53. The molecule has 7 heteroatoms. The number of carbonyl (C=O) groups is 2. The molecule has 3 rings (SSSR count). The minimum atomic E-state index is 0.0791. The van der Waals surface area contributed by atoms with E-state index in [1.165, 1.54) is 11.3 Å². The van der Waals surface area contributed by atoms with Crippen molar-refractivity contribution in [1.82, 2.24) is 14.7 Å². The van der Waals surface area contributed by atoms with Gasteiger partial charge in [-0.2, -0.15) is 11.3 Å². The second-order valence-electron chi connectivity index (χ2n) is 6.37. The molecule has 2 saturated heterocycles. The molecule has 0 radical (unpaired) electrons. The van der Waals surface area contributed by atoms with Crippen LogP contribution in [-0.4, -0.2) is 85.0 Å². The zero-order valence-corrected chi connectivity index (χ0v) is 15.0. The highest BCUT2D eigenvalue weighted by molar-refractivity contribution is 7.08. The summed E-state index contributed by atoms with van der Waals surface area (Å²) in [5, 5.41) is 3.81. The largest absolute Gasteiger partial charge is 0.379 e. The normalized spacial score (nSPS) is 21.9. The number of hydrogen-bond donors (Lipinski definition) is 0. The summed E-state index contributed by atoms with van der Waals surface area (Å²) in [7, 11) is 0. The Labute approximate surface area is 147 Å². The minimum absolute atomic E-state index is 0.0791. The molecular formula is C17H25N3O3S. The second kappa shape index (κ2) is 8.09. The molecule has 2 fully saturated rings. The van der Waals surface area contributed by atoms with Gasteiger partial charge < -0.3 is 14.5 Å². The van der Waals surface area contributed by atoms with Crippen LogP contribution in [0.4, 0.5) is 0 Å². The van der Waals surface area contributed by atoms with Gasteiger partial charge in [-0.1, -0.05) is 0 Å². The number of likely N-dealkylation sites (tertiary alicyclic amines) is 1. The van der Waals surface area contributed by atoms with Gasteiger partial charge in [0.15, 0.2) is 0 Å². The van der Waals surface area contributed by atoms with Crippen LogP contribution >= 0.6 is 11.3 Å². The smallest absolute Gasteiger partial charge is 0.254 e. The zero-order valence-electron chi connectivity index (χ0n) is 14.1. The van der Waals surface area contributed by atoms with Gasteiger partial charge in [0.05, 0.1) is 24.8 Å². The number of carbonyl (C=O) groups excluding carboxylic acids is 2. The lowest BCUT2D eigenvalue weighted by Gasteiger charge is -2.32. The first-order valence-electron chi connectivity index (χ1n) is 8.54. The molecule has 0 N–H and O–H groups in total. The molecule has 1 atom stereocenters. The van der Waals surface area contributed by atoms with Gasteiger partial charge in [-0.25, -0.2) is 0 Å². The van der Waals surface area contributed by atoms with Crippen molar-refractivity contribution in [1.29, 1.82) is 0 Å². The van der Waals surface area contributed by atoms with Gasteiger partial charge in [-0.15, -0.1) is 0 Å². The predicted molar refractivity (Wildman–Crippen MR) is 93.3 cm³/mol. The van der Waals surface area contributed by atoms with Crippen molar-refractivity contribution in [2.45, 2.75) is 19.4 Å². The average molecular weight is 351 g/mol. The van der Waals surface area contributed by atoms with Crippen molar-refractivity contribution in [2.24, 2.45) is 0 Å². The fraction of sp³-hybridized carbons (Fsp3) is 0.647. The van der Waals surface area contributed by atoms with E-state index in [1.54, 1.807) is 6.92 Å². The first-order chi connectivity index (χ1) is 11.6. The summed E-state index contributed by atoms with van der Waals surface area (Å²) in [6.07, 6.45) is 0.860. The molecule has 2 amide bonds. The Bertz CT molecular complexity index is 557. The van der Waals surface area contributed by atoms with Crippen LogP contribution in [0.3, 0.4) is 0 Å². The number of rotatable bonds is 5. The summed E-state index contributed by atoms with van der Waals surface area (Å²) in [6, 6.07) is 1.99. The molecule has 1 aromatic rings. The summed E-state index contributed by atoms with van der Waals surface area (Å²) in [5.74, 6) is 0.175. The van der Waals surface area contributed by atoms with E-state index in [-0.39, 0.29) is 17.9 Å². The molecule has 24 heavy (non-hydrogen) atoms. The maximum atomic E-state index is 12.5. The monoisotopic (exact) mass is 351 g/mol. The summed E-state index contributed by atoms with van der Waals surface area (Å²) in [6.45, 7) is 7.98. The third kappa shape index (κ3) is 4.15. The zero-order chi connectivity index (χ0) is 16.9. The van der Waals surface area contributed by atoms with E-state index in [1.807, 2.05) is 26.6 Å². The quantitative estimate of drug-likeness (QED) is 0.798. The molecule has 0 spiro atoms. The average Bonchev–Trinajstić information content (AvgIpc) is 3.27. The molecular weight excluding hydrogens is 326 g/mol. The Morgan fingerprint density at radius 2 is 2.12 bits per heavy atom. The SMILES string of the molecule is CC(=O)N(CCN1CCOCC1)C1CCN(C(=O)c2ccsc2)C1. The van der Waals surface area contributed by atoms with E-state index >= 15 is 0 Å². The molecule has 0 bridgehead atoms. The van der Waals surface area contributed by atoms with E-state index in [2.05, 4.69) is 4.90 Å². The van der Waals surface area contributed by atoms with E-state index in [9.17, 15) is 9.59 Å². The number of ether oxygens (including phenoxy) is 1. The van der Waals surface area contributed by atoms with Crippen LogP contribution in [0.1, 0.15) is 23.7 Å². The van der Waals surface area contributed by atoms with E-state index in [4.69, 9.17) is 4.74 Å². The van der Waals surface area contributed by atoms with Gasteiger partial charge in [0, 0.05) is 51.6 Å². The van der Waals surface area contributed by atoms with Crippen LogP contribution in [0.25, 0.3) is 0 Å². The minimum Gasteiger partial charge on any atom is -0.379 e. The van der Waals surface area contributed by atoms with Gasteiger partial charge in [0.2, 0.25) is 5.91 Å². The maximum Gasteiger partial charge on any atom is 0.254 e. The topological polar surface area (TPSA) is 53.1 Å². The second-order valence-corrected chi connectivity index (χ2v) is 7.15. The molecule has 2 aliphatic rings.